The number of sulfone groups is 1. The van der Waals surface area contributed by atoms with Crippen molar-refractivity contribution in [2.75, 3.05) is 50.7 Å². The molecule has 4 atom stereocenters. The van der Waals surface area contributed by atoms with E-state index >= 15 is 0 Å². The third kappa shape index (κ3) is 6.67. The van der Waals surface area contributed by atoms with Crippen LogP contribution in [0.2, 0.25) is 0 Å². The number of ether oxygens (including phenoxy) is 1. The average Bonchev–Trinajstić information content (AvgIpc) is 3.80. The number of halogens is 1. The van der Waals surface area contributed by atoms with Gasteiger partial charge in [-0.05, 0) is 119 Å². The zero-order valence-corrected chi connectivity index (χ0v) is 28.3. The molecule has 0 aromatic heterocycles. The van der Waals surface area contributed by atoms with Crippen LogP contribution in [-0.2, 0) is 24.8 Å². The average molecular weight is 682 g/mol. The minimum absolute atomic E-state index is 0.0430. The van der Waals surface area contributed by atoms with Crippen LogP contribution in [0.4, 0.5) is 14.9 Å². The van der Waals surface area contributed by atoms with Crippen molar-refractivity contribution >= 4 is 27.5 Å². The molecule has 3 saturated heterocycles. The molecule has 2 saturated carbocycles. The normalized spacial score (nSPS) is 26.7. The molecule has 10 nitrogen and oxygen atoms in total. The summed E-state index contributed by atoms with van der Waals surface area (Å²) >= 11 is 0. The summed E-state index contributed by atoms with van der Waals surface area (Å²) in [4.78, 5) is 30.4. The van der Waals surface area contributed by atoms with Gasteiger partial charge in [-0.15, -0.1) is 0 Å². The van der Waals surface area contributed by atoms with Gasteiger partial charge >= 0.3 is 6.09 Å². The smallest absolute Gasteiger partial charge is 0.404 e. The fourth-order valence-corrected chi connectivity index (χ4v) is 10.5. The first kappa shape index (κ1) is 33.3. The summed E-state index contributed by atoms with van der Waals surface area (Å²) in [6.45, 7) is 5.77. The Balaban J connectivity index is 1.04. The monoisotopic (exact) mass is 681 g/mol. The van der Waals surface area contributed by atoms with E-state index in [4.69, 9.17) is 10.5 Å². The van der Waals surface area contributed by atoms with Crippen LogP contribution in [0.1, 0.15) is 56.9 Å². The molecule has 7 rings (SSSR count). The number of nitrogens with one attached hydrogen (secondary N) is 2. The predicted molar refractivity (Wildman–Crippen MR) is 181 cm³/mol. The number of benzene rings is 2. The van der Waals surface area contributed by atoms with Crippen molar-refractivity contribution in [1.82, 2.24) is 15.5 Å². The number of piperidine rings is 1. The first-order chi connectivity index (χ1) is 23.1. The summed E-state index contributed by atoms with van der Waals surface area (Å²) in [5.74, 6) is 0.181. The Kier molecular flexibility index (Phi) is 9.42. The Hall–Kier alpha value is -3.22. The minimum Gasteiger partial charge on any atom is -0.446 e. The molecule has 5 aliphatic rings. The van der Waals surface area contributed by atoms with Gasteiger partial charge in [0.1, 0.15) is 11.9 Å². The number of likely N-dealkylation sites (tertiary alicyclic amines) is 1. The summed E-state index contributed by atoms with van der Waals surface area (Å²) in [7, 11) is -3.18. The van der Waals surface area contributed by atoms with E-state index in [1.807, 2.05) is 18.2 Å². The number of nitrogens with zero attached hydrogens (tertiary/aromatic N) is 2. The van der Waals surface area contributed by atoms with E-state index in [9.17, 15) is 22.4 Å². The van der Waals surface area contributed by atoms with E-state index in [-0.39, 0.29) is 34.9 Å². The zero-order chi connectivity index (χ0) is 33.5. The van der Waals surface area contributed by atoms with Crippen molar-refractivity contribution in [2.24, 2.45) is 23.5 Å². The highest BCUT2D eigenvalue weighted by Gasteiger charge is 2.53. The summed E-state index contributed by atoms with van der Waals surface area (Å²) < 4.78 is 45.8. The van der Waals surface area contributed by atoms with Crippen molar-refractivity contribution in [3.63, 3.8) is 0 Å². The second-order valence-corrected chi connectivity index (χ2v) is 16.9. The topological polar surface area (TPSA) is 134 Å². The third-order valence-corrected chi connectivity index (χ3v) is 14.0. The highest BCUT2D eigenvalue weighted by atomic mass is 32.2. The number of hydrogen-bond acceptors (Lipinski definition) is 8. The number of anilines is 1. The molecular formula is C36H48FN5O5S. The van der Waals surface area contributed by atoms with Gasteiger partial charge in [0, 0.05) is 49.1 Å². The Labute approximate surface area is 282 Å². The Morgan fingerprint density at radius 2 is 1.73 bits per heavy atom. The maximum Gasteiger partial charge on any atom is 0.404 e. The van der Waals surface area contributed by atoms with E-state index < -0.39 is 27.4 Å². The Bertz CT molecular complexity index is 1590. The summed E-state index contributed by atoms with van der Waals surface area (Å²) in [5.41, 5.74) is 6.82. The summed E-state index contributed by atoms with van der Waals surface area (Å²) in [5, 5.41) is 6.23. The molecule has 48 heavy (non-hydrogen) atoms. The number of primary amides is 1. The van der Waals surface area contributed by atoms with Gasteiger partial charge in [0.05, 0.1) is 16.2 Å². The SMILES string of the molecule is NC(=O)O[C@H]1CCC[C@@H]1[C@](CNC(=O)[C@H]1CCN1)(c1cccc(F)c1)C1CCN(CC2CN(c3ccc(S(=O)(=O)C4CC4)cc3)C2)CC1. The second kappa shape index (κ2) is 13.6. The van der Waals surface area contributed by atoms with Gasteiger partial charge in [-0.1, -0.05) is 12.1 Å². The van der Waals surface area contributed by atoms with Crippen molar-refractivity contribution in [1.29, 1.82) is 0 Å². The maximum absolute atomic E-state index is 14.9. The number of hydrogen-bond donors (Lipinski definition) is 3. The number of carbonyl (C=O) groups is 2. The van der Waals surface area contributed by atoms with Crippen molar-refractivity contribution in [2.45, 2.75) is 79.1 Å². The van der Waals surface area contributed by atoms with E-state index in [2.05, 4.69) is 20.4 Å². The number of rotatable bonds is 12. The molecule has 3 heterocycles. The Morgan fingerprint density at radius 3 is 2.35 bits per heavy atom. The van der Waals surface area contributed by atoms with Gasteiger partial charge in [0.2, 0.25) is 5.91 Å². The van der Waals surface area contributed by atoms with Crippen LogP contribution in [0, 0.1) is 23.6 Å². The quantitative estimate of drug-likeness (QED) is 0.310. The van der Waals surface area contributed by atoms with E-state index in [1.54, 1.807) is 24.3 Å². The molecule has 260 valence electrons. The van der Waals surface area contributed by atoms with E-state index in [1.165, 1.54) is 6.07 Å². The molecule has 2 aromatic rings. The molecule has 0 spiro atoms. The van der Waals surface area contributed by atoms with Crippen LogP contribution in [0.5, 0.6) is 0 Å². The van der Waals surface area contributed by atoms with Gasteiger partial charge in [-0.25, -0.2) is 17.6 Å². The van der Waals surface area contributed by atoms with Gasteiger partial charge in [0.25, 0.3) is 0 Å². The molecule has 2 aromatic carbocycles. The van der Waals surface area contributed by atoms with Crippen molar-refractivity contribution in [3.05, 3.63) is 59.9 Å². The van der Waals surface area contributed by atoms with Crippen LogP contribution in [0.25, 0.3) is 0 Å². The number of nitrogens with two attached hydrogens (primary N) is 1. The molecule has 5 fully saturated rings. The minimum atomic E-state index is -3.18. The molecule has 0 unspecified atom stereocenters. The predicted octanol–water partition coefficient (Wildman–Crippen LogP) is 3.59. The maximum atomic E-state index is 14.9. The van der Waals surface area contributed by atoms with E-state index in [0.29, 0.717) is 23.8 Å². The molecule has 0 radical (unpaired) electrons. The lowest BCUT2D eigenvalue weighted by Crippen LogP contribution is -2.60. The fraction of sp³-hybridized carbons (Fsp3) is 0.611. The zero-order valence-electron chi connectivity index (χ0n) is 27.5. The standard InChI is InChI=1S/C36H48FN5O5S/c37-27-4-1-3-26(19-27)36(23-40-34(43)32-13-16-39-32,31-5-2-6-33(31)47-35(38)44)25-14-17-41(18-15-25)20-24-21-42(22-24)28-7-9-29(10-8-28)48(45,46)30-11-12-30/h1,3-4,7-10,19,24-25,30-33,39H,2,5-6,11-18,20-23H2,(H2,38,44)(H,40,43)/t31-,32+,33-,36-/m0/s1. The molecule has 2 aliphatic carbocycles. The van der Waals surface area contributed by atoms with Crippen LogP contribution in [0.3, 0.4) is 0 Å². The van der Waals surface area contributed by atoms with Gasteiger partial charge in [-0.2, -0.15) is 0 Å². The Morgan fingerprint density at radius 1 is 1.00 bits per heavy atom. The van der Waals surface area contributed by atoms with Crippen LogP contribution < -0.4 is 21.3 Å². The number of carbonyl (C=O) groups excluding carboxylic acids is 2. The lowest BCUT2D eigenvalue weighted by Gasteiger charge is -2.51. The fourth-order valence-electron chi connectivity index (χ4n) is 8.89. The summed E-state index contributed by atoms with van der Waals surface area (Å²) in [6.07, 6.45) is 5.24. The first-order valence-electron chi connectivity index (χ1n) is 17.7. The second-order valence-electron chi connectivity index (χ2n) is 14.7. The highest BCUT2D eigenvalue weighted by molar-refractivity contribution is 7.92. The molecule has 4 N–H and O–H groups in total. The molecule has 2 amide bonds. The number of amides is 2. The molecule has 3 aliphatic heterocycles. The highest BCUT2D eigenvalue weighted by Crippen LogP contribution is 2.51. The lowest BCUT2D eigenvalue weighted by atomic mass is 9.58. The van der Waals surface area contributed by atoms with Crippen molar-refractivity contribution in [3.8, 4) is 0 Å². The molecular weight excluding hydrogens is 633 g/mol. The molecule has 0 bridgehead atoms. The van der Waals surface area contributed by atoms with Gasteiger partial charge < -0.3 is 30.9 Å². The molecule has 12 heteroatoms. The largest absolute Gasteiger partial charge is 0.446 e. The first-order valence-corrected chi connectivity index (χ1v) is 19.2. The van der Waals surface area contributed by atoms with Crippen LogP contribution in [-0.4, -0.2) is 88.5 Å². The van der Waals surface area contributed by atoms with Crippen LogP contribution >= 0.6 is 0 Å². The van der Waals surface area contributed by atoms with Crippen LogP contribution in [0.15, 0.2) is 53.4 Å². The summed E-state index contributed by atoms with van der Waals surface area (Å²) in [6, 6.07) is 13.9. The van der Waals surface area contributed by atoms with Gasteiger partial charge in [0.15, 0.2) is 9.84 Å². The lowest BCUT2D eigenvalue weighted by molar-refractivity contribution is -0.125. The van der Waals surface area contributed by atoms with Crippen molar-refractivity contribution < 1.29 is 27.1 Å². The van der Waals surface area contributed by atoms with E-state index in [0.717, 1.165) is 95.5 Å². The third-order valence-electron chi connectivity index (χ3n) is 11.7. The van der Waals surface area contributed by atoms with Gasteiger partial charge in [-0.3, -0.25) is 4.79 Å².